The van der Waals surface area contributed by atoms with E-state index in [1.54, 1.807) is 14.2 Å². The Bertz CT molecular complexity index is 2140. The molecule has 1 fully saturated rings. The number of nitrogens with zero attached hydrogens (tertiary/aromatic N) is 5. The molecule has 47 heavy (non-hydrogen) atoms. The van der Waals surface area contributed by atoms with Crippen molar-refractivity contribution in [2.24, 2.45) is 14.1 Å². The molecule has 7 rings (SSSR count). The second-order valence-electron chi connectivity index (χ2n) is 12.1. The Morgan fingerprint density at radius 2 is 1.72 bits per heavy atom. The van der Waals surface area contributed by atoms with Crippen molar-refractivity contribution in [3.63, 3.8) is 0 Å². The van der Waals surface area contributed by atoms with Crippen LogP contribution in [0.25, 0.3) is 33.4 Å². The van der Waals surface area contributed by atoms with Crippen molar-refractivity contribution in [3.05, 3.63) is 91.3 Å². The van der Waals surface area contributed by atoms with Gasteiger partial charge < -0.3 is 20.1 Å². The Labute approximate surface area is 276 Å². The van der Waals surface area contributed by atoms with E-state index in [4.69, 9.17) is 26.1 Å². The van der Waals surface area contributed by atoms with E-state index in [0.29, 0.717) is 22.8 Å². The fourth-order valence-electron chi connectivity index (χ4n) is 6.84. The van der Waals surface area contributed by atoms with Gasteiger partial charge in [0.05, 0.1) is 17.8 Å². The maximum absolute atomic E-state index is 13.1. The third-order valence-electron chi connectivity index (χ3n) is 9.40. The zero-order valence-corrected chi connectivity index (χ0v) is 27.5. The zero-order chi connectivity index (χ0) is 32.8. The van der Waals surface area contributed by atoms with Crippen LogP contribution in [0.3, 0.4) is 0 Å². The molecule has 5 aromatic rings. The number of hydrogen-bond donors (Lipinski definition) is 2. The number of hydrogen-bond acceptors (Lipinski definition) is 9. The summed E-state index contributed by atoms with van der Waals surface area (Å²) in [7, 11) is 4.69. The third kappa shape index (κ3) is 5.48. The zero-order valence-electron chi connectivity index (χ0n) is 26.8. The largest absolute Gasteiger partial charge is 0.481 e. The van der Waals surface area contributed by atoms with Gasteiger partial charge >= 0.3 is 5.69 Å². The molecule has 1 aliphatic heterocycles. The number of rotatable bonds is 7. The quantitative estimate of drug-likeness (QED) is 0.243. The minimum absolute atomic E-state index is 0.196. The Kier molecular flexibility index (Phi) is 8.29. The third-order valence-corrected chi connectivity index (χ3v) is 9.81. The lowest BCUT2D eigenvalue weighted by Crippen LogP contribution is -2.37. The predicted octanol–water partition coefficient (Wildman–Crippen LogP) is 5.23. The van der Waals surface area contributed by atoms with Crippen molar-refractivity contribution in [1.82, 2.24) is 29.4 Å². The Morgan fingerprint density at radius 1 is 0.979 bits per heavy atom. The molecule has 3 aromatic heterocycles. The Hall–Kier alpha value is -4.58. The highest BCUT2D eigenvalue weighted by Gasteiger charge is 2.31. The topological polar surface area (TPSA) is 125 Å². The molecular weight excluding hydrogens is 618 g/mol. The molecular formula is C35H36ClN7O4. The molecule has 11 nitrogen and oxygen atoms in total. The SMILES string of the molecule is COc1nc(-c2cccc(-c3cccc(Nc4ncnc5c4c(=O)n(C)c(=O)n5C)c3C)c2Cl)cc2c1C(NC1CCOCC1)CC2. The average Bonchev–Trinajstić information content (AvgIpc) is 3.50. The van der Waals surface area contributed by atoms with Crippen molar-refractivity contribution in [2.45, 2.75) is 44.7 Å². The number of anilines is 2. The van der Waals surface area contributed by atoms with Crippen LogP contribution in [0.2, 0.25) is 5.02 Å². The molecule has 4 heterocycles. The summed E-state index contributed by atoms with van der Waals surface area (Å²) in [6.45, 7) is 3.57. The van der Waals surface area contributed by atoms with Crippen LogP contribution in [-0.4, -0.2) is 50.5 Å². The molecule has 0 saturated carbocycles. The lowest BCUT2D eigenvalue weighted by atomic mass is 9.96. The van der Waals surface area contributed by atoms with Gasteiger partial charge in [-0.2, -0.15) is 0 Å². The first-order valence-electron chi connectivity index (χ1n) is 15.7. The maximum atomic E-state index is 13.1. The van der Waals surface area contributed by atoms with Crippen molar-refractivity contribution in [3.8, 4) is 28.3 Å². The van der Waals surface area contributed by atoms with Crippen molar-refractivity contribution < 1.29 is 9.47 Å². The van der Waals surface area contributed by atoms with Crippen LogP contribution in [0.1, 0.15) is 42.0 Å². The summed E-state index contributed by atoms with van der Waals surface area (Å²) < 4.78 is 13.8. The molecule has 12 heteroatoms. The average molecular weight is 654 g/mol. The number of methoxy groups -OCH3 is 1. The van der Waals surface area contributed by atoms with Gasteiger partial charge in [-0.25, -0.2) is 19.7 Å². The maximum Gasteiger partial charge on any atom is 0.332 e. The highest BCUT2D eigenvalue weighted by atomic mass is 35.5. The van der Waals surface area contributed by atoms with Crippen molar-refractivity contribution in [1.29, 1.82) is 0 Å². The summed E-state index contributed by atoms with van der Waals surface area (Å²) in [6, 6.07) is 14.6. The van der Waals surface area contributed by atoms with E-state index in [2.05, 4.69) is 26.7 Å². The van der Waals surface area contributed by atoms with Gasteiger partial charge in [0, 0.05) is 61.8 Å². The van der Waals surface area contributed by atoms with Gasteiger partial charge in [0.2, 0.25) is 5.88 Å². The van der Waals surface area contributed by atoms with Gasteiger partial charge in [-0.15, -0.1) is 0 Å². The Morgan fingerprint density at radius 3 is 2.51 bits per heavy atom. The molecule has 2 aromatic carbocycles. The summed E-state index contributed by atoms with van der Waals surface area (Å²) in [5.41, 5.74) is 6.66. The van der Waals surface area contributed by atoms with Gasteiger partial charge in [-0.1, -0.05) is 41.9 Å². The van der Waals surface area contributed by atoms with Gasteiger partial charge in [-0.05, 0) is 61.4 Å². The molecule has 1 unspecified atom stereocenters. The number of nitrogens with one attached hydrogen (secondary N) is 2. The van der Waals surface area contributed by atoms with E-state index in [9.17, 15) is 9.59 Å². The van der Waals surface area contributed by atoms with Crippen molar-refractivity contribution in [2.75, 3.05) is 25.6 Å². The minimum atomic E-state index is -0.473. The standard InChI is InChI=1S/C35H36ClN7O4/c1-19-22(7-6-10-25(19)40-31-29-32(38-18-37-31)42(2)35(45)43(3)34(29)44)23-8-5-9-24(30(23)36)27-17-20-11-12-26(28(20)33(41-27)46-4)39-21-13-15-47-16-14-21/h5-10,17-18,21,26,39H,11-16H2,1-4H3,(H,37,38,40). The van der Waals surface area contributed by atoms with Gasteiger partial charge in [0.1, 0.15) is 17.5 Å². The smallest absolute Gasteiger partial charge is 0.332 e. The summed E-state index contributed by atoms with van der Waals surface area (Å²) in [4.78, 5) is 39.1. The molecule has 242 valence electrons. The molecule has 0 radical (unpaired) electrons. The first-order valence-corrected chi connectivity index (χ1v) is 16.1. The van der Waals surface area contributed by atoms with Crippen LogP contribution in [-0.2, 0) is 25.3 Å². The van der Waals surface area contributed by atoms with E-state index in [0.717, 1.165) is 82.7 Å². The van der Waals surface area contributed by atoms with E-state index >= 15 is 0 Å². The molecule has 0 amide bonds. The monoisotopic (exact) mass is 653 g/mol. The van der Waals surface area contributed by atoms with Gasteiger partial charge in [0.15, 0.2) is 5.65 Å². The normalized spacial score (nSPS) is 16.4. The Balaban J connectivity index is 1.24. The summed E-state index contributed by atoms with van der Waals surface area (Å²) in [6.07, 6.45) is 5.27. The number of benzene rings is 2. The number of pyridine rings is 1. The van der Waals surface area contributed by atoms with E-state index in [1.165, 1.54) is 23.5 Å². The van der Waals surface area contributed by atoms with E-state index in [-0.39, 0.29) is 17.1 Å². The van der Waals surface area contributed by atoms with Crippen LogP contribution < -0.4 is 26.6 Å². The number of fused-ring (bicyclic) bond motifs is 2. The molecule has 0 bridgehead atoms. The fourth-order valence-corrected chi connectivity index (χ4v) is 7.16. The lowest BCUT2D eigenvalue weighted by molar-refractivity contribution is 0.0748. The summed E-state index contributed by atoms with van der Waals surface area (Å²) >= 11 is 7.19. The van der Waals surface area contributed by atoms with Crippen LogP contribution in [0.15, 0.2) is 58.4 Å². The molecule has 1 saturated heterocycles. The first-order chi connectivity index (χ1) is 22.8. The van der Waals surface area contributed by atoms with Crippen LogP contribution in [0.4, 0.5) is 11.5 Å². The van der Waals surface area contributed by atoms with Crippen LogP contribution in [0, 0.1) is 6.92 Å². The second kappa shape index (κ2) is 12.6. The first kappa shape index (κ1) is 31.0. The summed E-state index contributed by atoms with van der Waals surface area (Å²) in [5, 5.41) is 7.95. The van der Waals surface area contributed by atoms with E-state index in [1.807, 2.05) is 43.3 Å². The number of aryl methyl sites for hydroxylation is 2. The minimum Gasteiger partial charge on any atom is -0.481 e. The fraction of sp³-hybridized carbons (Fsp3) is 0.343. The highest BCUT2D eigenvalue weighted by molar-refractivity contribution is 6.36. The molecule has 2 aliphatic rings. The van der Waals surface area contributed by atoms with Crippen LogP contribution in [0.5, 0.6) is 5.88 Å². The number of halogens is 1. The molecule has 1 atom stereocenters. The molecule has 1 aliphatic carbocycles. The molecule has 0 spiro atoms. The van der Waals surface area contributed by atoms with Gasteiger partial charge in [-0.3, -0.25) is 13.9 Å². The molecule has 2 N–H and O–H groups in total. The second-order valence-corrected chi connectivity index (χ2v) is 12.5. The number of aromatic nitrogens is 5. The van der Waals surface area contributed by atoms with E-state index < -0.39 is 11.2 Å². The summed E-state index contributed by atoms with van der Waals surface area (Å²) in [5.74, 6) is 0.939. The predicted molar refractivity (Wildman–Crippen MR) is 183 cm³/mol. The highest BCUT2D eigenvalue weighted by Crippen LogP contribution is 2.43. The van der Waals surface area contributed by atoms with Gasteiger partial charge in [0.25, 0.3) is 5.56 Å². The van der Waals surface area contributed by atoms with Crippen LogP contribution >= 0.6 is 11.6 Å². The lowest BCUT2D eigenvalue weighted by Gasteiger charge is -2.27. The number of ether oxygens (including phenoxy) is 2. The van der Waals surface area contributed by atoms with Crippen molar-refractivity contribution >= 4 is 34.1 Å².